The highest BCUT2D eigenvalue weighted by atomic mass is 16.4. The van der Waals surface area contributed by atoms with E-state index in [9.17, 15) is 9.90 Å². The molecule has 2 heterocycles. The molecule has 0 aromatic carbocycles. The molecule has 0 saturated carbocycles. The zero-order valence-electron chi connectivity index (χ0n) is 11.0. The van der Waals surface area contributed by atoms with E-state index in [2.05, 4.69) is 20.5 Å². The third-order valence-corrected chi connectivity index (χ3v) is 2.95. The highest BCUT2D eigenvalue weighted by Gasteiger charge is 2.19. The van der Waals surface area contributed by atoms with Gasteiger partial charge in [0.15, 0.2) is 5.82 Å². The van der Waals surface area contributed by atoms with Crippen LogP contribution < -0.4 is 5.32 Å². The summed E-state index contributed by atoms with van der Waals surface area (Å²) in [5, 5.41) is 20.1. The van der Waals surface area contributed by atoms with Gasteiger partial charge in [0, 0.05) is 12.4 Å². The van der Waals surface area contributed by atoms with Crippen LogP contribution >= 0.6 is 0 Å². The summed E-state index contributed by atoms with van der Waals surface area (Å²) in [6, 6.07) is -0.657. The van der Waals surface area contributed by atoms with Crippen molar-refractivity contribution in [2.75, 3.05) is 5.32 Å². The van der Waals surface area contributed by atoms with Gasteiger partial charge in [-0.25, -0.2) is 9.78 Å². The van der Waals surface area contributed by atoms with Gasteiger partial charge in [-0.15, -0.1) is 10.2 Å². The molecule has 2 N–H and O–H groups in total. The van der Waals surface area contributed by atoms with Gasteiger partial charge in [-0.1, -0.05) is 19.8 Å². The Morgan fingerprint density at radius 1 is 1.53 bits per heavy atom. The molecule has 0 unspecified atom stereocenters. The molecule has 19 heavy (non-hydrogen) atoms. The molecule has 1 atom stereocenters. The van der Waals surface area contributed by atoms with Gasteiger partial charge < -0.3 is 10.4 Å². The Bertz CT molecular complexity index is 581. The number of anilines is 1. The second-order valence-corrected chi connectivity index (χ2v) is 4.39. The molecule has 102 valence electrons. The molecule has 0 bridgehead atoms. The van der Waals surface area contributed by atoms with Gasteiger partial charge in [0.05, 0.1) is 0 Å². The Labute approximate surface area is 110 Å². The maximum Gasteiger partial charge on any atom is 0.326 e. The Balaban J connectivity index is 2.26. The number of nitrogens with one attached hydrogen (secondary N) is 1. The summed E-state index contributed by atoms with van der Waals surface area (Å²) in [7, 11) is 0. The molecule has 0 radical (unpaired) electrons. The van der Waals surface area contributed by atoms with E-state index in [4.69, 9.17) is 0 Å². The predicted molar refractivity (Wildman–Crippen MR) is 70.1 cm³/mol. The summed E-state index contributed by atoms with van der Waals surface area (Å²) in [4.78, 5) is 15.4. The van der Waals surface area contributed by atoms with Crippen LogP contribution in [-0.4, -0.2) is 36.7 Å². The lowest BCUT2D eigenvalue weighted by Gasteiger charge is -2.14. The van der Waals surface area contributed by atoms with Crippen molar-refractivity contribution in [2.45, 2.75) is 39.2 Å². The number of carboxylic acids is 1. The number of carbonyl (C=O) groups is 1. The largest absolute Gasteiger partial charge is 0.480 e. The molecule has 0 saturated heterocycles. The van der Waals surface area contributed by atoms with Crippen LogP contribution in [0.3, 0.4) is 0 Å². The van der Waals surface area contributed by atoms with Crippen LogP contribution in [0.5, 0.6) is 0 Å². The first-order chi connectivity index (χ1) is 9.13. The van der Waals surface area contributed by atoms with E-state index >= 15 is 0 Å². The number of hydrogen-bond donors (Lipinski definition) is 2. The zero-order valence-corrected chi connectivity index (χ0v) is 11.0. The van der Waals surface area contributed by atoms with Crippen molar-refractivity contribution >= 4 is 17.4 Å². The molecule has 7 nitrogen and oxygen atoms in total. The number of aliphatic carboxylic acids is 1. The van der Waals surface area contributed by atoms with Crippen molar-refractivity contribution in [3.8, 4) is 0 Å². The lowest BCUT2D eigenvalue weighted by atomic mass is 10.1. The van der Waals surface area contributed by atoms with Crippen molar-refractivity contribution < 1.29 is 9.90 Å². The molecular weight excluding hydrogens is 246 g/mol. The predicted octanol–water partition coefficient (Wildman–Crippen LogP) is 1.49. The SMILES string of the molecule is CCCC[C@H](Nc1nccn2c(C)nnc12)C(=O)O. The third kappa shape index (κ3) is 2.81. The van der Waals surface area contributed by atoms with Crippen LogP contribution in [0.1, 0.15) is 32.0 Å². The minimum absolute atomic E-state index is 0.451. The summed E-state index contributed by atoms with van der Waals surface area (Å²) in [5.41, 5.74) is 0.544. The number of nitrogens with zero attached hydrogens (tertiary/aromatic N) is 4. The number of aromatic nitrogens is 4. The van der Waals surface area contributed by atoms with Crippen molar-refractivity contribution in [3.63, 3.8) is 0 Å². The van der Waals surface area contributed by atoms with E-state index in [0.29, 0.717) is 17.9 Å². The lowest BCUT2D eigenvalue weighted by molar-refractivity contribution is -0.138. The summed E-state index contributed by atoms with van der Waals surface area (Å²) < 4.78 is 1.77. The molecule has 2 rings (SSSR count). The number of rotatable bonds is 6. The maximum atomic E-state index is 11.2. The van der Waals surface area contributed by atoms with Crippen LogP contribution in [0.25, 0.3) is 5.65 Å². The Kier molecular flexibility index (Phi) is 3.94. The molecule has 7 heteroatoms. The van der Waals surface area contributed by atoms with Crippen LogP contribution in [0.2, 0.25) is 0 Å². The number of aryl methyl sites for hydroxylation is 1. The van der Waals surface area contributed by atoms with Crippen molar-refractivity contribution in [1.29, 1.82) is 0 Å². The number of carboxylic acid groups (broad SMARTS) is 1. The molecule has 0 spiro atoms. The zero-order chi connectivity index (χ0) is 13.8. The summed E-state index contributed by atoms with van der Waals surface area (Å²) in [5.74, 6) is 0.306. The smallest absolute Gasteiger partial charge is 0.326 e. The van der Waals surface area contributed by atoms with Crippen LogP contribution in [0, 0.1) is 6.92 Å². The number of fused-ring (bicyclic) bond motifs is 1. The topological polar surface area (TPSA) is 92.4 Å². The van der Waals surface area contributed by atoms with Gasteiger partial charge in [0.1, 0.15) is 11.9 Å². The molecular formula is C12H17N5O2. The second kappa shape index (κ2) is 5.64. The van der Waals surface area contributed by atoms with Crippen LogP contribution in [0.15, 0.2) is 12.4 Å². The minimum atomic E-state index is -0.881. The quantitative estimate of drug-likeness (QED) is 0.820. The normalized spacial score (nSPS) is 12.5. The highest BCUT2D eigenvalue weighted by Crippen LogP contribution is 2.15. The van der Waals surface area contributed by atoms with E-state index in [-0.39, 0.29) is 0 Å². The lowest BCUT2D eigenvalue weighted by Crippen LogP contribution is -2.29. The molecule has 0 aliphatic rings. The van der Waals surface area contributed by atoms with Gasteiger partial charge in [0.25, 0.3) is 0 Å². The van der Waals surface area contributed by atoms with Crippen molar-refractivity contribution in [2.24, 2.45) is 0 Å². The van der Waals surface area contributed by atoms with Gasteiger partial charge in [-0.2, -0.15) is 0 Å². The molecule has 0 amide bonds. The summed E-state index contributed by atoms with van der Waals surface area (Å²) in [6.45, 7) is 3.86. The van der Waals surface area contributed by atoms with Gasteiger partial charge >= 0.3 is 5.97 Å². The van der Waals surface area contributed by atoms with Crippen LogP contribution in [0.4, 0.5) is 5.82 Å². The third-order valence-electron chi connectivity index (χ3n) is 2.95. The van der Waals surface area contributed by atoms with Crippen LogP contribution in [-0.2, 0) is 4.79 Å². The molecule has 0 fully saturated rings. The number of unbranched alkanes of at least 4 members (excludes halogenated alkanes) is 1. The van der Waals surface area contributed by atoms with Gasteiger partial charge in [-0.05, 0) is 13.3 Å². The molecule has 0 aliphatic carbocycles. The first-order valence-corrected chi connectivity index (χ1v) is 6.29. The fourth-order valence-electron chi connectivity index (χ4n) is 1.87. The van der Waals surface area contributed by atoms with Crippen molar-refractivity contribution in [3.05, 3.63) is 18.2 Å². The van der Waals surface area contributed by atoms with E-state index in [1.54, 1.807) is 16.8 Å². The maximum absolute atomic E-state index is 11.2. The first-order valence-electron chi connectivity index (χ1n) is 6.29. The monoisotopic (exact) mass is 263 g/mol. The molecule has 0 aliphatic heterocycles. The highest BCUT2D eigenvalue weighted by molar-refractivity contribution is 5.78. The fourth-order valence-corrected chi connectivity index (χ4v) is 1.87. The van der Waals surface area contributed by atoms with Gasteiger partial charge in [-0.3, -0.25) is 4.40 Å². The number of hydrogen-bond acceptors (Lipinski definition) is 5. The summed E-state index contributed by atoms with van der Waals surface area (Å²) in [6.07, 6.45) is 5.70. The van der Waals surface area contributed by atoms with E-state index in [1.165, 1.54) is 0 Å². The molecule has 2 aromatic rings. The minimum Gasteiger partial charge on any atom is -0.480 e. The summed E-state index contributed by atoms with van der Waals surface area (Å²) >= 11 is 0. The van der Waals surface area contributed by atoms with E-state index in [0.717, 1.165) is 18.7 Å². The Morgan fingerprint density at radius 2 is 2.32 bits per heavy atom. The van der Waals surface area contributed by atoms with Crippen molar-refractivity contribution in [1.82, 2.24) is 19.6 Å². The first kappa shape index (κ1) is 13.3. The standard InChI is InChI=1S/C12H17N5O2/c1-3-4-5-9(12(18)19)14-10-11-16-15-8(2)17(11)7-6-13-10/h6-7,9H,3-5H2,1-2H3,(H,13,14)(H,18,19)/t9-/m0/s1. The van der Waals surface area contributed by atoms with E-state index < -0.39 is 12.0 Å². The van der Waals surface area contributed by atoms with E-state index in [1.807, 2.05) is 13.8 Å². The second-order valence-electron chi connectivity index (χ2n) is 4.39. The fraction of sp³-hybridized carbons (Fsp3) is 0.500. The average Bonchev–Trinajstić information content (AvgIpc) is 2.77. The Hall–Kier alpha value is -2.18. The Morgan fingerprint density at radius 3 is 3.00 bits per heavy atom. The average molecular weight is 263 g/mol. The van der Waals surface area contributed by atoms with Gasteiger partial charge in [0.2, 0.25) is 5.65 Å². The molecule has 2 aromatic heterocycles.